The standard InChI is InChI=1S/C59H44/c1-37-32-38(2)34-40(33-37)28-29-42-31-30-41-16-4-5-17-43(41)57(42)47-36-56-48(35-39(47)3)46-20-8-11-23-51(46)59(56)54-26-14-12-24-52(54)58(53-25-13-15-27-55(53)59)49-21-9-6-18-44(49)45-19-7-10-22-50(45)58/h4-27,30-36H,28-29H2,1-3H3. The maximum absolute atomic E-state index is 2.62. The molecule has 0 heterocycles. The van der Waals surface area contributed by atoms with Crippen LogP contribution in [0.15, 0.2) is 188 Å². The Hall–Kier alpha value is -6.76. The molecular weight excluding hydrogens is 709 g/mol. The quantitative estimate of drug-likeness (QED) is 0.168. The Morgan fingerprint density at radius 1 is 0.339 bits per heavy atom. The first-order valence-corrected chi connectivity index (χ1v) is 21.2. The topological polar surface area (TPSA) is 0 Å². The second-order valence-corrected chi connectivity index (χ2v) is 17.3. The van der Waals surface area contributed by atoms with Gasteiger partial charge in [0.1, 0.15) is 0 Å². The average Bonchev–Trinajstić information content (AvgIpc) is 3.72. The smallest absolute Gasteiger partial charge is 0.0619 e. The third-order valence-electron chi connectivity index (χ3n) is 14.1. The van der Waals surface area contributed by atoms with Crippen LogP contribution in [0.1, 0.15) is 72.3 Å². The molecule has 0 radical (unpaired) electrons. The summed E-state index contributed by atoms with van der Waals surface area (Å²) in [7, 11) is 0. The van der Waals surface area contributed by atoms with Crippen LogP contribution in [0.4, 0.5) is 0 Å². The van der Waals surface area contributed by atoms with Crippen molar-refractivity contribution >= 4 is 10.8 Å². The lowest BCUT2D eigenvalue weighted by atomic mass is 9.52. The Bertz CT molecular complexity index is 3090. The van der Waals surface area contributed by atoms with Gasteiger partial charge >= 0.3 is 0 Å². The summed E-state index contributed by atoms with van der Waals surface area (Å²) in [4.78, 5) is 0. The Labute approximate surface area is 347 Å². The van der Waals surface area contributed by atoms with Gasteiger partial charge in [0.2, 0.25) is 0 Å². The van der Waals surface area contributed by atoms with Crippen molar-refractivity contribution in [3.63, 3.8) is 0 Å². The van der Waals surface area contributed by atoms with Crippen molar-refractivity contribution < 1.29 is 0 Å². The highest BCUT2D eigenvalue weighted by Crippen LogP contribution is 2.67. The van der Waals surface area contributed by atoms with E-state index in [4.69, 9.17) is 0 Å². The van der Waals surface area contributed by atoms with Gasteiger partial charge in [0.25, 0.3) is 0 Å². The second kappa shape index (κ2) is 12.6. The molecule has 0 N–H and O–H groups in total. The molecule has 0 heteroatoms. The second-order valence-electron chi connectivity index (χ2n) is 17.3. The summed E-state index contributed by atoms with van der Waals surface area (Å²) in [6, 6.07) is 72.3. The van der Waals surface area contributed by atoms with Crippen molar-refractivity contribution in [2.45, 2.75) is 44.4 Å². The zero-order valence-corrected chi connectivity index (χ0v) is 33.8. The predicted molar refractivity (Wildman–Crippen MR) is 246 cm³/mol. The molecular formula is C59H44. The molecule has 0 atom stereocenters. The van der Waals surface area contributed by atoms with Crippen LogP contribution in [0.3, 0.4) is 0 Å². The van der Waals surface area contributed by atoms with E-state index in [-0.39, 0.29) is 0 Å². The largest absolute Gasteiger partial charge is 0.0720 e. The summed E-state index contributed by atoms with van der Waals surface area (Å²) < 4.78 is 0. The van der Waals surface area contributed by atoms with Gasteiger partial charge in [0.05, 0.1) is 10.8 Å². The summed E-state index contributed by atoms with van der Waals surface area (Å²) in [6.45, 7) is 6.77. The van der Waals surface area contributed by atoms with Crippen LogP contribution in [0.2, 0.25) is 0 Å². The van der Waals surface area contributed by atoms with Crippen molar-refractivity contribution in [1.82, 2.24) is 0 Å². The molecule has 0 bridgehead atoms. The van der Waals surface area contributed by atoms with E-state index < -0.39 is 10.8 Å². The Balaban J connectivity index is 1.16. The minimum absolute atomic E-state index is 0.451. The van der Waals surface area contributed by atoms with Crippen molar-refractivity contribution in [3.8, 4) is 33.4 Å². The lowest BCUT2D eigenvalue weighted by Gasteiger charge is -2.49. The molecule has 9 aromatic carbocycles. The van der Waals surface area contributed by atoms with Gasteiger partial charge in [-0.25, -0.2) is 0 Å². The lowest BCUT2D eigenvalue weighted by molar-refractivity contribution is 0.633. The molecule has 0 amide bonds. The first-order valence-electron chi connectivity index (χ1n) is 21.2. The van der Waals surface area contributed by atoms with Crippen LogP contribution in [0, 0.1) is 20.8 Å². The molecule has 0 aromatic heterocycles. The van der Waals surface area contributed by atoms with Crippen LogP contribution in [-0.2, 0) is 23.7 Å². The Morgan fingerprint density at radius 3 is 1.36 bits per heavy atom. The van der Waals surface area contributed by atoms with Gasteiger partial charge in [0.15, 0.2) is 0 Å². The zero-order chi connectivity index (χ0) is 39.5. The van der Waals surface area contributed by atoms with E-state index in [0.29, 0.717) is 0 Å². The monoisotopic (exact) mass is 752 g/mol. The van der Waals surface area contributed by atoms with E-state index >= 15 is 0 Å². The van der Waals surface area contributed by atoms with Gasteiger partial charge in [-0.2, -0.15) is 0 Å². The molecule has 0 aliphatic heterocycles. The van der Waals surface area contributed by atoms with Gasteiger partial charge in [-0.15, -0.1) is 0 Å². The van der Waals surface area contributed by atoms with E-state index in [0.717, 1.165) is 12.8 Å². The SMILES string of the molecule is Cc1cc(C)cc(CCc2ccc3ccccc3c2-c2cc3c(cc2C)-c2ccccc2C32c3ccccc3C3(c4ccccc4-c4ccccc43)c3ccccc32)c1. The predicted octanol–water partition coefficient (Wildman–Crippen LogP) is 14.3. The Morgan fingerprint density at radius 2 is 0.797 bits per heavy atom. The minimum Gasteiger partial charge on any atom is -0.0619 e. The van der Waals surface area contributed by atoms with Crippen LogP contribution >= 0.6 is 0 Å². The van der Waals surface area contributed by atoms with Crippen LogP contribution in [0.5, 0.6) is 0 Å². The normalized spacial score (nSPS) is 14.4. The molecule has 12 rings (SSSR count). The van der Waals surface area contributed by atoms with Gasteiger partial charge in [-0.3, -0.25) is 0 Å². The molecule has 0 saturated carbocycles. The van der Waals surface area contributed by atoms with E-state index in [9.17, 15) is 0 Å². The lowest BCUT2D eigenvalue weighted by Crippen LogP contribution is -2.43. The molecule has 9 aromatic rings. The van der Waals surface area contributed by atoms with Crippen LogP contribution in [-0.4, -0.2) is 0 Å². The highest BCUT2D eigenvalue weighted by atomic mass is 14.6. The van der Waals surface area contributed by atoms with Gasteiger partial charge < -0.3 is 0 Å². The molecule has 0 fully saturated rings. The molecule has 0 unspecified atom stereocenters. The molecule has 3 aliphatic carbocycles. The van der Waals surface area contributed by atoms with Crippen LogP contribution in [0.25, 0.3) is 44.2 Å². The molecule has 280 valence electrons. The molecule has 0 nitrogen and oxygen atoms in total. The van der Waals surface area contributed by atoms with Gasteiger partial charge in [0, 0.05) is 0 Å². The summed E-state index contributed by atoms with van der Waals surface area (Å²) in [5.41, 5.74) is 24.8. The summed E-state index contributed by atoms with van der Waals surface area (Å²) >= 11 is 0. The average molecular weight is 753 g/mol. The highest BCUT2D eigenvalue weighted by Gasteiger charge is 2.58. The summed E-state index contributed by atoms with van der Waals surface area (Å²) in [5.74, 6) is 0. The van der Waals surface area contributed by atoms with Crippen LogP contribution < -0.4 is 0 Å². The third-order valence-corrected chi connectivity index (χ3v) is 14.1. The maximum atomic E-state index is 2.62. The number of aryl methyl sites for hydroxylation is 5. The summed E-state index contributed by atoms with van der Waals surface area (Å²) in [6.07, 6.45) is 1.97. The maximum Gasteiger partial charge on any atom is 0.0720 e. The number of fused-ring (bicyclic) bond motifs is 17. The Kier molecular flexibility index (Phi) is 7.33. The van der Waals surface area contributed by atoms with Crippen molar-refractivity contribution in [2.75, 3.05) is 0 Å². The minimum atomic E-state index is -0.525. The number of hydrogen-bond acceptors (Lipinski definition) is 0. The number of rotatable bonds is 4. The number of hydrogen-bond donors (Lipinski definition) is 0. The first kappa shape index (κ1) is 34.3. The van der Waals surface area contributed by atoms with Crippen molar-refractivity contribution in [2.24, 2.45) is 0 Å². The third kappa shape index (κ3) is 4.55. The molecule has 0 saturated heterocycles. The highest BCUT2D eigenvalue weighted by molar-refractivity contribution is 6.01. The fourth-order valence-corrected chi connectivity index (χ4v) is 12.0. The number of benzene rings is 9. The van der Waals surface area contributed by atoms with E-state index in [1.807, 2.05) is 0 Å². The molecule has 3 aliphatic rings. The van der Waals surface area contributed by atoms with E-state index in [2.05, 4.69) is 209 Å². The van der Waals surface area contributed by atoms with Gasteiger partial charge in [-0.1, -0.05) is 193 Å². The fraction of sp³-hybridized carbons (Fsp3) is 0.119. The summed E-state index contributed by atoms with van der Waals surface area (Å²) in [5, 5.41) is 2.60. The van der Waals surface area contributed by atoms with Crippen molar-refractivity contribution in [3.05, 3.63) is 260 Å². The first-order chi connectivity index (χ1) is 29.0. The van der Waals surface area contributed by atoms with E-state index in [1.165, 1.54) is 116 Å². The molecule has 2 spiro atoms. The molecule has 59 heavy (non-hydrogen) atoms. The van der Waals surface area contributed by atoms with Crippen molar-refractivity contribution in [1.29, 1.82) is 0 Å². The fourth-order valence-electron chi connectivity index (χ4n) is 12.0. The van der Waals surface area contributed by atoms with E-state index in [1.54, 1.807) is 0 Å². The van der Waals surface area contributed by atoms with Gasteiger partial charge in [-0.05, 0) is 145 Å². The zero-order valence-electron chi connectivity index (χ0n) is 33.8.